The molecule has 11 heteroatoms. The first-order valence-electron chi connectivity index (χ1n) is 9.54. The molecular formula is C20H18N6O4S. The van der Waals surface area contributed by atoms with Crippen LogP contribution in [0.15, 0.2) is 51.2 Å². The van der Waals surface area contributed by atoms with Crippen LogP contribution in [0.3, 0.4) is 0 Å². The Balaban J connectivity index is 1.77. The molecule has 0 amide bonds. The van der Waals surface area contributed by atoms with Crippen LogP contribution in [0.25, 0.3) is 23.0 Å². The van der Waals surface area contributed by atoms with Gasteiger partial charge < -0.3 is 10.1 Å². The average molecular weight is 438 g/mol. The maximum absolute atomic E-state index is 12.0. The van der Waals surface area contributed by atoms with E-state index >= 15 is 0 Å². The van der Waals surface area contributed by atoms with E-state index < -0.39 is 15.5 Å². The van der Waals surface area contributed by atoms with Gasteiger partial charge in [-0.05, 0) is 31.1 Å². The van der Waals surface area contributed by atoms with Gasteiger partial charge in [0.1, 0.15) is 5.69 Å². The topological polar surface area (TPSA) is 146 Å². The van der Waals surface area contributed by atoms with Crippen molar-refractivity contribution in [3.05, 3.63) is 63.4 Å². The molecule has 1 aliphatic carbocycles. The predicted molar refractivity (Wildman–Crippen MR) is 112 cm³/mol. The zero-order valence-corrected chi connectivity index (χ0v) is 17.2. The van der Waals surface area contributed by atoms with E-state index in [1.165, 1.54) is 6.07 Å². The van der Waals surface area contributed by atoms with Gasteiger partial charge in [0.05, 0.1) is 22.8 Å². The molecule has 0 unspecified atom stereocenters. The van der Waals surface area contributed by atoms with Gasteiger partial charge in [-0.1, -0.05) is 12.1 Å². The number of rotatable bonds is 4. The number of benzene rings is 1. The van der Waals surface area contributed by atoms with Crippen molar-refractivity contribution >= 4 is 21.6 Å². The number of aromatic nitrogens is 5. The van der Waals surface area contributed by atoms with Crippen molar-refractivity contribution in [1.82, 2.24) is 24.6 Å². The van der Waals surface area contributed by atoms with Crippen LogP contribution in [0.1, 0.15) is 18.5 Å². The highest BCUT2D eigenvalue weighted by Gasteiger charge is 2.20. The number of hydrogen-bond acceptors (Lipinski definition) is 7. The SMILES string of the molecule is CS(=O)(=O)c1cccc(-c2cc(=NC3CC3)n3ncc(=Cc4[nH]c(=O)[nH]c4O)c3n2)c1. The van der Waals surface area contributed by atoms with Crippen LogP contribution in [-0.4, -0.2) is 50.4 Å². The van der Waals surface area contributed by atoms with E-state index in [0.29, 0.717) is 27.6 Å². The molecule has 0 saturated heterocycles. The number of hydrogen-bond donors (Lipinski definition) is 3. The molecule has 4 aromatic rings. The smallest absolute Gasteiger partial charge is 0.326 e. The number of imidazole rings is 1. The molecule has 0 radical (unpaired) electrons. The Morgan fingerprint density at radius 2 is 2.06 bits per heavy atom. The van der Waals surface area contributed by atoms with E-state index in [1.807, 2.05) is 0 Å². The molecule has 1 saturated carbocycles. The fourth-order valence-corrected chi connectivity index (χ4v) is 3.90. The Hall–Kier alpha value is -3.73. The van der Waals surface area contributed by atoms with Crippen molar-refractivity contribution in [3.63, 3.8) is 0 Å². The zero-order chi connectivity index (χ0) is 21.8. The first kappa shape index (κ1) is 19.2. The van der Waals surface area contributed by atoms with Gasteiger partial charge in [-0.3, -0.25) is 9.98 Å². The standard InChI is InChI=1S/C20H18N6O4S/c1-31(29,30)14-4-2-3-11(7-14)15-9-17(22-13-5-6-13)26-18(23-15)12(10-21-26)8-16-19(27)25-20(28)24-16/h2-4,7-10,13,27H,5-6H2,1H3,(H2,24,25,28). The summed E-state index contributed by atoms with van der Waals surface area (Å²) in [6.45, 7) is 0. The van der Waals surface area contributed by atoms with Crippen LogP contribution in [0.2, 0.25) is 0 Å². The third kappa shape index (κ3) is 3.75. The monoisotopic (exact) mass is 438 g/mol. The molecule has 0 bridgehead atoms. The highest BCUT2D eigenvalue weighted by molar-refractivity contribution is 7.90. The predicted octanol–water partition coefficient (Wildman–Crippen LogP) is 0.133. The third-order valence-electron chi connectivity index (χ3n) is 4.94. The molecule has 5 rings (SSSR count). The Kier molecular flexibility index (Phi) is 4.29. The minimum atomic E-state index is -3.38. The lowest BCUT2D eigenvalue weighted by atomic mass is 10.1. The number of fused-ring (bicyclic) bond motifs is 1. The van der Waals surface area contributed by atoms with Crippen LogP contribution < -0.4 is 16.4 Å². The quantitative estimate of drug-likeness (QED) is 0.413. The van der Waals surface area contributed by atoms with Crippen molar-refractivity contribution in [3.8, 4) is 17.1 Å². The van der Waals surface area contributed by atoms with Gasteiger partial charge in [0.25, 0.3) is 0 Å². The lowest BCUT2D eigenvalue weighted by molar-refractivity contribution is 0.454. The second-order valence-electron chi connectivity index (χ2n) is 7.48. The molecule has 0 spiro atoms. The summed E-state index contributed by atoms with van der Waals surface area (Å²) in [7, 11) is -3.38. The van der Waals surface area contributed by atoms with Gasteiger partial charge >= 0.3 is 5.69 Å². The minimum absolute atomic E-state index is 0.197. The van der Waals surface area contributed by atoms with Crippen LogP contribution in [0.4, 0.5) is 0 Å². The molecule has 3 N–H and O–H groups in total. The van der Waals surface area contributed by atoms with Gasteiger partial charge in [0.2, 0.25) is 5.88 Å². The lowest BCUT2D eigenvalue weighted by Crippen LogP contribution is -2.19. The van der Waals surface area contributed by atoms with E-state index in [-0.39, 0.29) is 22.5 Å². The van der Waals surface area contributed by atoms with Gasteiger partial charge in [0.15, 0.2) is 21.0 Å². The number of aromatic amines is 2. The van der Waals surface area contributed by atoms with Gasteiger partial charge in [-0.15, -0.1) is 0 Å². The summed E-state index contributed by atoms with van der Waals surface area (Å²) in [5.41, 5.74) is 1.89. The second-order valence-corrected chi connectivity index (χ2v) is 9.50. The largest absolute Gasteiger partial charge is 0.493 e. The van der Waals surface area contributed by atoms with Crippen LogP contribution in [0.5, 0.6) is 5.88 Å². The zero-order valence-electron chi connectivity index (χ0n) is 16.4. The van der Waals surface area contributed by atoms with E-state index in [2.05, 4.69) is 20.1 Å². The normalized spacial score (nSPS) is 15.8. The fourth-order valence-electron chi connectivity index (χ4n) is 3.23. The van der Waals surface area contributed by atoms with E-state index in [0.717, 1.165) is 19.1 Å². The summed E-state index contributed by atoms with van der Waals surface area (Å²) >= 11 is 0. The number of sulfone groups is 1. The number of aromatic hydroxyl groups is 1. The third-order valence-corrected chi connectivity index (χ3v) is 6.05. The molecule has 158 valence electrons. The summed E-state index contributed by atoms with van der Waals surface area (Å²) in [4.78, 5) is 25.8. The molecule has 10 nitrogen and oxygen atoms in total. The second kappa shape index (κ2) is 6.91. The molecule has 3 aromatic heterocycles. The first-order valence-corrected chi connectivity index (χ1v) is 11.4. The Morgan fingerprint density at radius 1 is 1.26 bits per heavy atom. The summed E-state index contributed by atoms with van der Waals surface area (Å²) in [6, 6.07) is 8.56. The van der Waals surface area contributed by atoms with Crippen LogP contribution >= 0.6 is 0 Å². The maximum atomic E-state index is 12.0. The highest BCUT2D eigenvalue weighted by atomic mass is 32.2. The molecule has 0 atom stereocenters. The van der Waals surface area contributed by atoms with Crippen molar-refractivity contribution in [2.75, 3.05) is 6.26 Å². The van der Waals surface area contributed by atoms with Crippen molar-refractivity contribution in [2.24, 2.45) is 4.99 Å². The first-order chi connectivity index (χ1) is 14.8. The number of nitrogens with zero attached hydrogens (tertiary/aromatic N) is 4. The highest BCUT2D eigenvalue weighted by Crippen LogP contribution is 2.23. The van der Waals surface area contributed by atoms with Crippen LogP contribution in [-0.2, 0) is 9.84 Å². The van der Waals surface area contributed by atoms with Crippen molar-refractivity contribution < 1.29 is 13.5 Å². The van der Waals surface area contributed by atoms with E-state index in [4.69, 9.17) is 4.99 Å². The van der Waals surface area contributed by atoms with E-state index in [1.54, 1.807) is 41.1 Å². The minimum Gasteiger partial charge on any atom is -0.493 e. The molecule has 1 aliphatic rings. The summed E-state index contributed by atoms with van der Waals surface area (Å²) in [6.07, 6.45) is 6.28. The van der Waals surface area contributed by atoms with E-state index in [9.17, 15) is 18.3 Å². The summed E-state index contributed by atoms with van der Waals surface area (Å²) in [5.74, 6) is -0.288. The molecule has 0 aliphatic heterocycles. The molecule has 1 fully saturated rings. The molecule has 1 aromatic carbocycles. The average Bonchev–Trinajstić information content (AvgIpc) is 3.35. The Bertz CT molecular complexity index is 1610. The summed E-state index contributed by atoms with van der Waals surface area (Å²) < 4.78 is 25.6. The fraction of sp³-hybridized carbons (Fsp3) is 0.200. The lowest BCUT2D eigenvalue weighted by Gasteiger charge is -2.05. The van der Waals surface area contributed by atoms with Gasteiger partial charge in [-0.25, -0.2) is 18.2 Å². The summed E-state index contributed by atoms with van der Waals surface area (Å²) in [5, 5.41) is 14.8. The Morgan fingerprint density at radius 3 is 2.74 bits per heavy atom. The van der Waals surface area contributed by atoms with Gasteiger partial charge in [0, 0.05) is 23.1 Å². The number of nitrogens with one attached hydrogen (secondary N) is 2. The molecular weight excluding hydrogens is 420 g/mol. The Labute approximate surface area is 175 Å². The number of H-pyrrole nitrogens is 2. The van der Waals surface area contributed by atoms with Gasteiger partial charge in [-0.2, -0.15) is 9.61 Å². The molecule has 3 heterocycles. The molecule has 31 heavy (non-hydrogen) atoms. The van der Waals surface area contributed by atoms with Crippen molar-refractivity contribution in [2.45, 2.75) is 23.8 Å². The van der Waals surface area contributed by atoms with Crippen molar-refractivity contribution in [1.29, 1.82) is 0 Å². The maximum Gasteiger partial charge on any atom is 0.326 e. The van der Waals surface area contributed by atoms with Crippen LogP contribution in [0, 0.1) is 0 Å².